The zero-order valence-corrected chi connectivity index (χ0v) is 11.4. The van der Waals surface area contributed by atoms with Crippen LogP contribution in [-0.4, -0.2) is 16.7 Å². The number of hydrogen-bond acceptors (Lipinski definition) is 4. The van der Waals surface area contributed by atoms with E-state index in [1.165, 1.54) is 15.4 Å². The fraction of sp³-hybridized carbons (Fsp3) is 0.462. The molecular weight excluding hydrogens is 250 g/mol. The normalized spacial score (nSPS) is 17.3. The molecule has 0 unspecified atom stereocenters. The monoisotopic (exact) mass is 265 g/mol. The largest absolute Gasteiger partial charge is 0.396 e. The summed E-state index contributed by atoms with van der Waals surface area (Å²) in [5.74, 6) is 0. The van der Waals surface area contributed by atoms with Crippen LogP contribution in [0.2, 0.25) is 0 Å². The first-order valence-corrected chi connectivity index (χ1v) is 7.58. The van der Waals surface area contributed by atoms with Crippen molar-refractivity contribution in [2.24, 2.45) is 5.41 Å². The Morgan fingerprint density at radius 2 is 2.24 bits per heavy atom. The standard InChI is InChI=1S/C13H15NOS2/c1-9-2-5-16-12(9)10-7-17-11(14-10)6-13(8-15)3-4-13/h2,5,7,15H,3-4,6,8H2,1H3. The maximum atomic E-state index is 9.33. The van der Waals surface area contributed by atoms with E-state index in [4.69, 9.17) is 4.98 Å². The molecule has 4 heteroatoms. The average molecular weight is 265 g/mol. The summed E-state index contributed by atoms with van der Waals surface area (Å²) in [6.45, 7) is 2.43. The molecule has 0 bridgehead atoms. The lowest BCUT2D eigenvalue weighted by molar-refractivity contribution is 0.211. The van der Waals surface area contributed by atoms with Gasteiger partial charge in [0.15, 0.2) is 0 Å². The van der Waals surface area contributed by atoms with E-state index in [-0.39, 0.29) is 5.41 Å². The van der Waals surface area contributed by atoms with Crippen molar-refractivity contribution >= 4 is 22.7 Å². The van der Waals surface area contributed by atoms with E-state index in [1.54, 1.807) is 22.7 Å². The number of aromatic nitrogens is 1. The molecule has 0 aliphatic heterocycles. The van der Waals surface area contributed by atoms with E-state index in [0.29, 0.717) is 6.61 Å². The molecule has 90 valence electrons. The second-order valence-electron chi connectivity index (χ2n) is 4.89. The Hall–Kier alpha value is -0.710. The highest BCUT2D eigenvalue weighted by Crippen LogP contribution is 2.48. The molecule has 2 nitrogen and oxygen atoms in total. The van der Waals surface area contributed by atoms with Crippen LogP contribution in [0.3, 0.4) is 0 Å². The molecule has 1 N–H and O–H groups in total. The molecule has 2 aromatic heterocycles. The number of rotatable bonds is 4. The molecule has 1 fully saturated rings. The van der Waals surface area contributed by atoms with E-state index < -0.39 is 0 Å². The van der Waals surface area contributed by atoms with Gasteiger partial charge in [0.2, 0.25) is 0 Å². The predicted molar refractivity (Wildman–Crippen MR) is 72.6 cm³/mol. The topological polar surface area (TPSA) is 33.1 Å². The molecular formula is C13H15NOS2. The Bertz CT molecular complexity index is 525. The molecule has 1 aliphatic rings. The molecule has 1 saturated carbocycles. The summed E-state index contributed by atoms with van der Waals surface area (Å²) >= 11 is 3.47. The molecule has 1 aliphatic carbocycles. The second kappa shape index (κ2) is 4.19. The Labute approximate surface area is 109 Å². The maximum absolute atomic E-state index is 9.33. The van der Waals surface area contributed by atoms with Crippen molar-refractivity contribution in [3.05, 3.63) is 27.4 Å². The van der Waals surface area contributed by atoms with Crippen molar-refractivity contribution in [3.8, 4) is 10.6 Å². The van der Waals surface area contributed by atoms with Crippen LogP contribution in [0, 0.1) is 12.3 Å². The fourth-order valence-electron chi connectivity index (χ4n) is 2.02. The lowest BCUT2D eigenvalue weighted by Gasteiger charge is -2.07. The number of hydrogen-bond donors (Lipinski definition) is 1. The molecule has 0 spiro atoms. The van der Waals surface area contributed by atoms with Gasteiger partial charge in [-0.05, 0) is 42.2 Å². The van der Waals surface area contributed by atoms with Crippen LogP contribution < -0.4 is 0 Å². The van der Waals surface area contributed by atoms with Gasteiger partial charge in [-0.1, -0.05) is 0 Å². The fourth-order valence-corrected chi connectivity index (χ4v) is 3.94. The van der Waals surface area contributed by atoms with Crippen LogP contribution in [0.1, 0.15) is 23.4 Å². The molecule has 2 aromatic rings. The molecule has 0 aromatic carbocycles. The summed E-state index contributed by atoms with van der Waals surface area (Å²) < 4.78 is 0. The van der Waals surface area contributed by atoms with Crippen LogP contribution >= 0.6 is 22.7 Å². The lowest BCUT2D eigenvalue weighted by atomic mass is 10.1. The third-order valence-corrected chi connectivity index (χ3v) is 5.35. The quantitative estimate of drug-likeness (QED) is 0.918. The highest BCUT2D eigenvalue weighted by Gasteiger charge is 2.42. The third-order valence-electron chi connectivity index (χ3n) is 3.47. The van der Waals surface area contributed by atoms with Gasteiger partial charge in [0.1, 0.15) is 0 Å². The van der Waals surface area contributed by atoms with Gasteiger partial charge in [0, 0.05) is 18.4 Å². The van der Waals surface area contributed by atoms with Crippen molar-refractivity contribution in [2.75, 3.05) is 6.61 Å². The van der Waals surface area contributed by atoms with Gasteiger partial charge in [-0.15, -0.1) is 22.7 Å². The van der Waals surface area contributed by atoms with Gasteiger partial charge in [-0.2, -0.15) is 0 Å². The molecule has 3 rings (SSSR count). The number of aliphatic hydroxyl groups excluding tert-OH is 1. The van der Waals surface area contributed by atoms with Crippen molar-refractivity contribution in [2.45, 2.75) is 26.2 Å². The number of nitrogens with zero attached hydrogens (tertiary/aromatic N) is 1. The van der Waals surface area contributed by atoms with E-state index in [0.717, 1.165) is 25.0 Å². The highest BCUT2D eigenvalue weighted by molar-refractivity contribution is 7.14. The third kappa shape index (κ3) is 2.17. The summed E-state index contributed by atoms with van der Waals surface area (Å²) in [5.41, 5.74) is 2.57. The summed E-state index contributed by atoms with van der Waals surface area (Å²) in [6, 6.07) is 2.13. The second-order valence-corrected chi connectivity index (χ2v) is 6.75. The Morgan fingerprint density at radius 3 is 2.82 bits per heavy atom. The van der Waals surface area contributed by atoms with Crippen LogP contribution in [0.15, 0.2) is 16.8 Å². The molecule has 0 amide bonds. The van der Waals surface area contributed by atoms with E-state index in [2.05, 4.69) is 23.8 Å². The van der Waals surface area contributed by atoms with Crippen LogP contribution in [0.4, 0.5) is 0 Å². The molecule has 0 saturated heterocycles. The minimum Gasteiger partial charge on any atom is -0.396 e. The Kier molecular flexibility index (Phi) is 2.81. The van der Waals surface area contributed by atoms with Crippen molar-refractivity contribution in [1.29, 1.82) is 0 Å². The summed E-state index contributed by atoms with van der Waals surface area (Å²) in [5, 5.41) is 14.7. The summed E-state index contributed by atoms with van der Waals surface area (Å²) in [4.78, 5) is 5.98. The smallest absolute Gasteiger partial charge is 0.0939 e. The highest BCUT2D eigenvalue weighted by atomic mass is 32.1. The van der Waals surface area contributed by atoms with Gasteiger partial charge in [-0.25, -0.2) is 4.98 Å². The zero-order valence-electron chi connectivity index (χ0n) is 9.77. The summed E-state index contributed by atoms with van der Waals surface area (Å²) in [6.07, 6.45) is 3.24. The van der Waals surface area contributed by atoms with E-state index in [1.807, 2.05) is 0 Å². The zero-order chi connectivity index (χ0) is 11.9. The summed E-state index contributed by atoms with van der Waals surface area (Å²) in [7, 11) is 0. The number of aliphatic hydroxyl groups is 1. The van der Waals surface area contributed by atoms with Crippen LogP contribution in [0.5, 0.6) is 0 Å². The van der Waals surface area contributed by atoms with E-state index >= 15 is 0 Å². The first kappa shape index (κ1) is 11.4. The predicted octanol–water partition coefficient (Wildman–Crippen LogP) is 3.50. The first-order valence-electron chi connectivity index (χ1n) is 5.82. The number of thiazole rings is 1. The number of thiophene rings is 1. The van der Waals surface area contributed by atoms with Gasteiger partial charge in [0.05, 0.1) is 15.6 Å². The number of aryl methyl sites for hydroxylation is 1. The molecule has 0 atom stereocenters. The van der Waals surface area contributed by atoms with Crippen molar-refractivity contribution in [3.63, 3.8) is 0 Å². The Morgan fingerprint density at radius 1 is 1.41 bits per heavy atom. The minimum absolute atomic E-state index is 0.166. The van der Waals surface area contributed by atoms with Crippen LogP contribution in [0.25, 0.3) is 10.6 Å². The SMILES string of the molecule is Cc1ccsc1-c1csc(CC2(CO)CC2)n1. The van der Waals surface area contributed by atoms with Gasteiger partial charge in [0.25, 0.3) is 0 Å². The lowest BCUT2D eigenvalue weighted by Crippen LogP contribution is -2.09. The minimum atomic E-state index is 0.166. The van der Waals surface area contributed by atoms with Gasteiger partial charge in [-0.3, -0.25) is 0 Å². The van der Waals surface area contributed by atoms with Crippen LogP contribution in [-0.2, 0) is 6.42 Å². The van der Waals surface area contributed by atoms with Gasteiger partial charge < -0.3 is 5.11 Å². The Balaban J connectivity index is 1.81. The van der Waals surface area contributed by atoms with Crippen molar-refractivity contribution < 1.29 is 5.11 Å². The average Bonchev–Trinajstić information content (AvgIpc) is 2.72. The molecule has 0 radical (unpaired) electrons. The van der Waals surface area contributed by atoms with E-state index in [9.17, 15) is 5.11 Å². The molecule has 17 heavy (non-hydrogen) atoms. The van der Waals surface area contributed by atoms with Gasteiger partial charge >= 0.3 is 0 Å². The maximum Gasteiger partial charge on any atom is 0.0939 e. The van der Waals surface area contributed by atoms with Crippen molar-refractivity contribution in [1.82, 2.24) is 4.98 Å². The molecule has 2 heterocycles. The first-order chi connectivity index (χ1) is 8.22.